The van der Waals surface area contributed by atoms with E-state index in [9.17, 15) is 8.42 Å². The lowest BCUT2D eigenvalue weighted by atomic mass is 10.3. The van der Waals surface area contributed by atoms with Crippen molar-refractivity contribution in [2.45, 2.75) is 19.8 Å². The fraction of sp³-hybridized carbons (Fsp3) is 0.500. The van der Waals surface area contributed by atoms with Crippen molar-refractivity contribution in [3.63, 3.8) is 0 Å². The summed E-state index contributed by atoms with van der Waals surface area (Å²) in [5, 5.41) is 0. The van der Waals surface area contributed by atoms with E-state index in [4.69, 9.17) is 0 Å². The zero-order valence-corrected chi connectivity index (χ0v) is 12.3. The predicted octanol–water partition coefficient (Wildman–Crippen LogP) is 2.23. The molecule has 0 fully saturated rings. The number of rotatable bonds is 6. The highest BCUT2D eigenvalue weighted by Gasteiger charge is 2.17. The van der Waals surface area contributed by atoms with Crippen molar-refractivity contribution in [3.8, 4) is 0 Å². The number of nitrogens with zero attached hydrogens (tertiary/aromatic N) is 2. The molecule has 0 aromatic carbocycles. The molecule has 0 saturated carbocycles. The molecule has 1 aromatic rings. The zero-order chi connectivity index (χ0) is 12.9. The Bertz CT molecular complexity index is 464. The standard InChI is InChI=1S/C10H16BrN3O2S/c1-3-4-8-14(2)17(15,16)13-9-6-5-7-12-10(9)11/h5-7,13H,3-4,8H2,1-2H3. The highest BCUT2D eigenvalue weighted by atomic mass is 79.9. The molecule has 17 heavy (non-hydrogen) atoms. The van der Waals surface area contributed by atoms with Crippen molar-refractivity contribution in [1.29, 1.82) is 0 Å². The van der Waals surface area contributed by atoms with Gasteiger partial charge in [-0.15, -0.1) is 0 Å². The van der Waals surface area contributed by atoms with Crippen molar-refractivity contribution >= 4 is 31.8 Å². The number of anilines is 1. The summed E-state index contributed by atoms with van der Waals surface area (Å²) in [5.41, 5.74) is 0.441. The van der Waals surface area contributed by atoms with E-state index in [1.54, 1.807) is 25.4 Å². The minimum Gasteiger partial charge on any atom is -0.268 e. The molecule has 0 atom stereocenters. The van der Waals surface area contributed by atoms with Gasteiger partial charge in [0.2, 0.25) is 0 Å². The molecule has 1 rings (SSSR count). The summed E-state index contributed by atoms with van der Waals surface area (Å²) < 4.78 is 28.1. The molecular weight excluding hydrogens is 306 g/mol. The summed E-state index contributed by atoms with van der Waals surface area (Å²) in [6.45, 7) is 2.52. The van der Waals surface area contributed by atoms with Gasteiger partial charge in [-0.25, -0.2) is 4.98 Å². The van der Waals surface area contributed by atoms with Crippen LogP contribution in [0.15, 0.2) is 22.9 Å². The molecular formula is C10H16BrN3O2S. The summed E-state index contributed by atoms with van der Waals surface area (Å²) >= 11 is 3.19. The molecule has 96 valence electrons. The van der Waals surface area contributed by atoms with E-state index >= 15 is 0 Å². The van der Waals surface area contributed by atoms with Crippen molar-refractivity contribution in [1.82, 2.24) is 9.29 Å². The van der Waals surface area contributed by atoms with Gasteiger partial charge in [0.05, 0.1) is 5.69 Å². The van der Waals surface area contributed by atoms with Crippen LogP contribution in [0.3, 0.4) is 0 Å². The van der Waals surface area contributed by atoms with Gasteiger partial charge < -0.3 is 0 Å². The Labute approximate surface area is 111 Å². The predicted molar refractivity (Wildman–Crippen MR) is 72.0 cm³/mol. The van der Waals surface area contributed by atoms with Crippen LogP contribution >= 0.6 is 15.9 Å². The van der Waals surface area contributed by atoms with Gasteiger partial charge in [-0.3, -0.25) is 4.72 Å². The Morgan fingerprint density at radius 2 is 2.24 bits per heavy atom. The normalized spacial score (nSPS) is 11.8. The number of pyridine rings is 1. The summed E-state index contributed by atoms with van der Waals surface area (Å²) in [4.78, 5) is 3.96. The Kier molecular flexibility index (Phi) is 5.35. The third kappa shape index (κ3) is 4.25. The molecule has 0 saturated heterocycles. The quantitative estimate of drug-likeness (QED) is 0.817. The number of unbranched alkanes of at least 4 members (excludes halogenated alkanes) is 1. The minimum absolute atomic E-state index is 0.441. The number of halogens is 1. The first-order valence-electron chi connectivity index (χ1n) is 5.32. The van der Waals surface area contributed by atoms with Crippen LogP contribution in [0.2, 0.25) is 0 Å². The Morgan fingerprint density at radius 3 is 2.82 bits per heavy atom. The van der Waals surface area contributed by atoms with E-state index in [1.165, 1.54) is 4.31 Å². The highest BCUT2D eigenvalue weighted by Crippen LogP contribution is 2.20. The Morgan fingerprint density at radius 1 is 1.53 bits per heavy atom. The highest BCUT2D eigenvalue weighted by molar-refractivity contribution is 9.10. The molecule has 1 N–H and O–H groups in total. The first kappa shape index (κ1) is 14.4. The smallest absolute Gasteiger partial charge is 0.268 e. The second-order valence-electron chi connectivity index (χ2n) is 3.62. The number of hydrogen-bond donors (Lipinski definition) is 1. The van der Waals surface area contributed by atoms with Gasteiger partial charge in [-0.1, -0.05) is 13.3 Å². The maximum absolute atomic E-state index is 11.9. The summed E-state index contributed by atoms with van der Waals surface area (Å²) in [6.07, 6.45) is 3.38. The zero-order valence-electron chi connectivity index (χ0n) is 9.85. The van der Waals surface area contributed by atoms with E-state index in [1.807, 2.05) is 6.92 Å². The van der Waals surface area contributed by atoms with Crippen LogP contribution in [0.25, 0.3) is 0 Å². The SMILES string of the molecule is CCCCN(C)S(=O)(=O)Nc1cccnc1Br. The fourth-order valence-corrected chi connectivity index (χ4v) is 2.63. The van der Waals surface area contributed by atoms with Gasteiger partial charge in [0.25, 0.3) is 0 Å². The van der Waals surface area contributed by atoms with Gasteiger partial charge >= 0.3 is 10.2 Å². The third-order valence-electron chi connectivity index (χ3n) is 2.23. The van der Waals surface area contributed by atoms with Gasteiger partial charge in [0.15, 0.2) is 0 Å². The molecule has 0 amide bonds. The van der Waals surface area contributed by atoms with Crippen LogP contribution in [0.4, 0.5) is 5.69 Å². The van der Waals surface area contributed by atoms with Gasteiger partial charge in [0, 0.05) is 19.8 Å². The summed E-state index contributed by atoms with van der Waals surface area (Å²) in [6, 6.07) is 3.33. The van der Waals surface area contributed by atoms with E-state index in [0.717, 1.165) is 12.8 Å². The lowest BCUT2D eigenvalue weighted by Crippen LogP contribution is -2.33. The van der Waals surface area contributed by atoms with Crippen LogP contribution in [-0.4, -0.2) is 31.3 Å². The maximum Gasteiger partial charge on any atom is 0.301 e. The Hall–Kier alpha value is -0.660. The van der Waals surface area contributed by atoms with Gasteiger partial charge in [0.1, 0.15) is 4.60 Å². The molecule has 7 heteroatoms. The molecule has 0 spiro atoms. The lowest BCUT2D eigenvalue weighted by molar-refractivity contribution is 0.463. The van der Waals surface area contributed by atoms with Gasteiger partial charge in [-0.2, -0.15) is 12.7 Å². The van der Waals surface area contributed by atoms with Crippen LogP contribution in [0.1, 0.15) is 19.8 Å². The lowest BCUT2D eigenvalue weighted by Gasteiger charge is -2.18. The Balaban J connectivity index is 2.76. The first-order chi connectivity index (χ1) is 7.97. The van der Waals surface area contributed by atoms with Crippen LogP contribution in [-0.2, 0) is 10.2 Å². The summed E-state index contributed by atoms with van der Waals surface area (Å²) in [5.74, 6) is 0. The van der Waals surface area contributed by atoms with Crippen molar-refractivity contribution in [3.05, 3.63) is 22.9 Å². The summed E-state index contributed by atoms with van der Waals surface area (Å²) in [7, 11) is -1.94. The van der Waals surface area contributed by atoms with Gasteiger partial charge in [-0.05, 0) is 34.5 Å². The van der Waals surface area contributed by atoms with E-state index in [-0.39, 0.29) is 0 Å². The van der Waals surface area contributed by atoms with Crippen LogP contribution in [0.5, 0.6) is 0 Å². The second kappa shape index (κ2) is 6.32. The minimum atomic E-state index is -3.49. The molecule has 0 unspecified atom stereocenters. The molecule has 0 aliphatic carbocycles. The molecule has 1 aromatic heterocycles. The van der Waals surface area contributed by atoms with Crippen molar-refractivity contribution in [2.24, 2.45) is 0 Å². The third-order valence-corrected chi connectivity index (χ3v) is 4.35. The molecule has 0 aliphatic heterocycles. The number of nitrogens with one attached hydrogen (secondary N) is 1. The number of aromatic nitrogens is 1. The topological polar surface area (TPSA) is 62.3 Å². The molecule has 1 heterocycles. The average molecular weight is 322 g/mol. The largest absolute Gasteiger partial charge is 0.301 e. The first-order valence-corrected chi connectivity index (χ1v) is 7.55. The van der Waals surface area contributed by atoms with Crippen molar-refractivity contribution in [2.75, 3.05) is 18.3 Å². The molecule has 0 bridgehead atoms. The van der Waals surface area contributed by atoms with Crippen LogP contribution in [0, 0.1) is 0 Å². The molecule has 0 radical (unpaired) electrons. The molecule has 5 nitrogen and oxygen atoms in total. The molecule has 0 aliphatic rings. The van der Waals surface area contributed by atoms with Crippen LogP contribution < -0.4 is 4.72 Å². The van der Waals surface area contributed by atoms with E-state index in [0.29, 0.717) is 16.8 Å². The van der Waals surface area contributed by atoms with Crippen molar-refractivity contribution < 1.29 is 8.42 Å². The van der Waals surface area contributed by atoms with E-state index in [2.05, 4.69) is 25.6 Å². The monoisotopic (exact) mass is 321 g/mol. The average Bonchev–Trinajstić information content (AvgIpc) is 2.28. The van der Waals surface area contributed by atoms with E-state index < -0.39 is 10.2 Å². The fourth-order valence-electron chi connectivity index (χ4n) is 1.18. The maximum atomic E-state index is 11.9. The number of hydrogen-bond acceptors (Lipinski definition) is 3. The second-order valence-corrected chi connectivity index (χ2v) is 6.15.